The van der Waals surface area contributed by atoms with E-state index in [1.54, 1.807) is 23.6 Å². The number of halogens is 1. The first-order valence-corrected chi connectivity index (χ1v) is 8.77. The Bertz CT molecular complexity index is 940. The van der Waals surface area contributed by atoms with E-state index in [1.807, 2.05) is 37.3 Å². The fraction of sp³-hybridized carbons (Fsp3) is 0.211. The third kappa shape index (κ3) is 3.04. The van der Waals surface area contributed by atoms with Crippen molar-refractivity contribution >= 4 is 23.3 Å². The van der Waals surface area contributed by atoms with Gasteiger partial charge in [0.15, 0.2) is 0 Å². The molecular weight excluding hydrogens is 350 g/mol. The second-order valence-corrected chi connectivity index (χ2v) is 6.71. The zero-order valence-corrected chi connectivity index (χ0v) is 15.0. The molecule has 0 fully saturated rings. The molecule has 1 aliphatic heterocycles. The SMILES string of the molecule is Cc1ccc(NC(=O)N2CCc3[nH]cnc3[C@H]2c2ccncc2)c(Cl)c1. The molecule has 1 atom stereocenters. The van der Waals surface area contributed by atoms with Crippen molar-refractivity contribution in [1.29, 1.82) is 0 Å². The number of aromatic amines is 1. The van der Waals surface area contributed by atoms with Crippen LogP contribution in [0.25, 0.3) is 0 Å². The van der Waals surface area contributed by atoms with Crippen molar-refractivity contribution in [2.45, 2.75) is 19.4 Å². The van der Waals surface area contributed by atoms with Gasteiger partial charge in [0.2, 0.25) is 0 Å². The Morgan fingerprint density at radius 3 is 2.88 bits per heavy atom. The molecule has 2 amide bonds. The molecule has 0 saturated carbocycles. The second kappa shape index (κ2) is 6.80. The van der Waals surface area contributed by atoms with Crippen LogP contribution in [0.4, 0.5) is 10.5 Å². The standard InChI is InChI=1S/C19H18ClN5O/c1-12-2-3-15(14(20)10-12)24-19(26)25-9-6-16-17(23-11-22-16)18(25)13-4-7-21-8-5-13/h2-5,7-8,10-11,18H,6,9H2,1H3,(H,22,23)(H,24,26)/t18-/m1/s1. The number of imidazole rings is 1. The highest BCUT2D eigenvalue weighted by molar-refractivity contribution is 6.33. The molecule has 0 bridgehead atoms. The predicted molar refractivity (Wildman–Crippen MR) is 100 cm³/mol. The number of nitrogens with one attached hydrogen (secondary N) is 2. The van der Waals surface area contributed by atoms with Gasteiger partial charge in [-0.15, -0.1) is 0 Å². The van der Waals surface area contributed by atoms with Crippen molar-refractivity contribution in [3.8, 4) is 0 Å². The molecule has 26 heavy (non-hydrogen) atoms. The zero-order valence-electron chi connectivity index (χ0n) is 14.2. The van der Waals surface area contributed by atoms with Crippen molar-refractivity contribution < 1.29 is 4.79 Å². The predicted octanol–water partition coefficient (Wildman–Crippen LogP) is 3.95. The number of aryl methyl sites for hydroxylation is 1. The van der Waals surface area contributed by atoms with Gasteiger partial charge in [-0.25, -0.2) is 9.78 Å². The number of fused-ring (bicyclic) bond motifs is 1. The van der Waals surface area contributed by atoms with E-state index in [-0.39, 0.29) is 12.1 Å². The molecule has 0 saturated heterocycles. The summed E-state index contributed by atoms with van der Waals surface area (Å²) in [7, 11) is 0. The monoisotopic (exact) mass is 367 g/mol. The molecule has 0 aliphatic carbocycles. The number of H-pyrrole nitrogens is 1. The quantitative estimate of drug-likeness (QED) is 0.720. The molecule has 0 unspecified atom stereocenters. The van der Waals surface area contributed by atoms with Crippen LogP contribution >= 0.6 is 11.6 Å². The Balaban J connectivity index is 1.67. The number of pyridine rings is 1. The molecule has 132 valence electrons. The normalized spacial score (nSPS) is 16.2. The third-order valence-corrected chi connectivity index (χ3v) is 4.89. The molecule has 3 aromatic rings. The van der Waals surface area contributed by atoms with Crippen LogP contribution in [0.2, 0.25) is 5.02 Å². The van der Waals surface area contributed by atoms with Crippen LogP contribution in [-0.4, -0.2) is 32.4 Å². The minimum atomic E-state index is -0.266. The van der Waals surface area contributed by atoms with Gasteiger partial charge in [0.25, 0.3) is 0 Å². The van der Waals surface area contributed by atoms with Gasteiger partial charge in [-0.05, 0) is 42.3 Å². The lowest BCUT2D eigenvalue weighted by Crippen LogP contribution is -2.43. The largest absolute Gasteiger partial charge is 0.348 e. The molecular formula is C19H18ClN5O. The van der Waals surface area contributed by atoms with E-state index >= 15 is 0 Å². The van der Waals surface area contributed by atoms with Crippen molar-refractivity contribution in [1.82, 2.24) is 19.9 Å². The summed E-state index contributed by atoms with van der Waals surface area (Å²) in [6.07, 6.45) is 5.86. The Hall–Kier alpha value is -2.86. The van der Waals surface area contributed by atoms with Crippen LogP contribution in [-0.2, 0) is 6.42 Å². The van der Waals surface area contributed by atoms with Gasteiger partial charge in [-0.1, -0.05) is 17.7 Å². The minimum Gasteiger partial charge on any atom is -0.348 e. The lowest BCUT2D eigenvalue weighted by atomic mass is 9.97. The van der Waals surface area contributed by atoms with Gasteiger partial charge < -0.3 is 15.2 Å². The van der Waals surface area contributed by atoms with E-state index in [0.29, 0.717) is 17.3 Å². The van der Waals surface area contributed by atoms with E-state index in [4.69, 9.17) is 11.6 Å². The van der Waals surface area contributed by atoms with E-state index in [2.05, 4.69) is 20.3 Å². The number of nitrogens with zero attached hydrogens (tertiary/aromatic N) is 3. The van der Waals surface area contributed by atoms with Crippen molar-refractivity contribution in [3.63, 3.8) is 0 Å². The Labute approximate surface area is 156 Å². The average Bonchev–Trinajstić information content (AvgIpc) is 3.12. The van der Waals surface area contributed by atoms with Gasteiger partial charge in [-0.3, -0.25) is 4.98 Å². The number of carbonyl (C=O) groups is 1. The summed E-state index contributed by atoms with van der Waals surface area (Å²) in [6, 6.07) is 8.93. The second-order valence-electron chi connectivity index (χ2n) is 6.31. The fourth-order valence-electron chi connectivity index (χ4n) is 3.29. The smallest absolute Gasteiger partial charge is 0.322 e. The summed E-state index contributed by atoms with van der Waals surface area (Å²) >= 11 is 6.27. The Morgan fingerprint density at radius 2 is 2.12 bits per heavy atom. The number of amides is 2. The lowest BCUT2D eigenvalue weighted by molar-refractivity contribution is 0.192. The molecule has 0 spiro atoms. The highest BCUT2D eigenvalue weighted by Crippen LogP contribution is 2.34. The van der Waals surface area contributed by atoms with Gasteiger partial charge >= 0.3 is 6.03 Å². The number of hydrogen-bond donors (Lipinski definition) is 2. The van der Waals surface area contributed by atoms with E-state index in [1.165, 1.54) is 0 Å². The van der Waals surface area contributed by atoms with Crippen LogP contribution < -0.4 is 5.32 Å². The summed E-state index contributed by atoms with van der Waals surface area (Å²) in [6.45, 7) is 2.54. The molecule has 1 aliphatic rings. The van der Waals surface area contributed by atoms with Gasteiger partial charge in [0.1, 0.15) is 6.04 Å². The number of hydrogen-bond acceptors (Lipinski definition) is 3. The first-order chi connectivity index (χ1) is 12.6. The lowest BCUT2D eigenvalue weighted by Gasteiger charge is -2.35. The van der Waals surface area contributed by atoms with Gasteiger partial charge in [0.05, 0.1) is 22.7 Å². The number of rotatable bonds is 2. The van der Waals surface area contributed by atoms with Gasteiger partial charge in [0, 0.05) is 31.1 Å². The molecule has 1 aromatic carbocycles. The van der Waals surface area contributed by atoms with Gasteiger partial charge in [-0.2, -0.15) is 0 Å². The van der Waals surface area contributed by atoms with Crippen LogP contribution in [0.1, 0.15) is 28.6 Å². The van der Waals surface area contributed by atoms with Crippen LogP contribution in [0.15, 0.2) is 49.1 Å². The maximum atomic E-state index is 13.0. The van der Waals surface area contributed by atoms with Crippen molar-refractivity contribution in [2.24, 2.45) is 0 Å². The first-order valence-electron chi connectivity index (χ1n) is 8.39. The van der Waals surface area contributed by atoms with Crippen LogP contribution in [0.3, 0.4) is 0 Å². The summed E-state index contributed by atoms with van der Waals surface area (Å²) in [5.74, 6) is 0. The number of aromatic nitrogens is 3. The minimum absolute atomic E-state index is 0.203. The number of carbonyl (C=O) groups excluding carboxylic acids is 1. The third-order valence-electron chi connectivity index (χ3n) is 4.57. The van der Waals surface area contributed by atoms with Crippen molar-refractivity contribution in [2.75, 3.05) is 11.9 Å². The molecule has 6 nitrogen and oxygen atoms in total. The highest BCUT2D eigenvalue weighted by atomic mass is 35.5. The topological polar surface area (TPSA) is 73.9 Å². The highest BCUT2D eigenvalue weighted by Gasteiger charge is 2.34. The maximum Gasteiger partial charge on any atom is 0.322 e. The summed E-state index contributed by atoms with van der Waals surface area (Å²) in [5.41, 5.74) is 4.54. The summed E-state index contributed by atoms with van der Waals surface area (Å²) < 4.78 is 0. The molecule has 7 heteroatoms. The molecule has 4 rings (SSSR count). The maximum absolute atomic E-state index is 13.0. The van der Waals surface area contributed by atoms with E-state index < -0.39 is 0 Å². The summed E-state index contributed by atoms with van der Waals surface area (Å²) in [4.78, 5) is 26.5. The molecule has 2 aromatic heterocycles. The number of urea groups is 1. The number of anilines is 1. The zero-order chi connectivity index (χ0) is 18.1. The Morgan fingerprint density at radius 1 is 1.31 bits per heavy atom. The van der Waals surface area contributed by atoms with Crippen molar-refractivity contribution in [3.05, 3.63) is 76.6 Å². The average molecular weight is 368 g/mol. The van der Waals surface area contributed by atoms with Crippen LogP contribution in [0.5, 0.6) is 0 Å². The van der Waals surface area contributed by atoms with Crippen LogP contribution in [0, 0.1) is 6.92 Å². The fourth-order valence-corrected chi connectivity index (χ4v) is 3.57. The Kier molecular flexibility index (Phi) is 4.34. The molecule has 0 radical (unpaired) electrons. The first kappa shape index (κ1) is 16.6. The van der Waals surface area contributed by atoms with E-state index in [9.17, 15) is 4.79 Å². The molecule has 3 heterocycles. The number of benzene rings is 1. The van der Waals surface area contributed by atoms with E-state index in [0.717, 1.165) is 28.9 Å². The summed E-state index contributed by atoms with van der Waals surface area (Å²) in [5, 5.41) is 3.46. The molecule has 2 N–H and O–H groups in total.